The van der Waals surface area contributed by atoms with Crippen LogP contribution in [0.5, 0.6) is 0 Å². The van der Waals surface area contributed by atoms with E-state index in [0.29, 0.717) is 66.1 Å². The van der Waals surface area contributed by atoms with Gasteiger partial charge in [0.1, 0.15) is 6.10 Å². The van der Waals surface area contributed by atoms with Crippen LogP contribution in [0.15, 0.2) is 12.7 Å². The first-order chi connectivity index (χ1) is 26.4. The number of aliphatic carboxylic acids is 1. The molecule has 3 N–H and O–H groups in total. The fourth-order valence-electron chi connectivity index (χ4n) is 4.05. The van der Waals surface area contributed by atoms with Crippen LogP contribution in [0.4, 0.5) is 0 Å². The van der Waals surface area contributed by atoms with Gasteiger partial charge in [-0.1, -0.05) is 6.58 Å². The van der Waals surface area contributed by atoms with Gasteiger partial charge in [-0.15, -0.1) is 0 Å². The topological polar surface area (TPSA) is 189 Å². The minimum atomic E-state index is -0.981. The van der Waals surface area contributed by atoms with Gasteiger partial charge in [0.05, 0.1) is 153 Å². The van der Waals surface area contributed by atoms with Gasteiger partial charge in [-0.05, 0) is 76.2 Å². The number of hydrogen-bond donors (Lipinski definition) is 3. The van der Waals surface area contributed by atoms with Crippen LogP contribution in [-0.4, -0.2) is 188 Å². The second-order valence-corrected chi connectivity index (χ2v) is 14.4. The SMILES string of the molecule is C=CC(=O)O.COCC(O)COC(C)COC(C)COC(C)COC(C)COC(C)COC(C)COC(C)COC(C)COC(C)COC(C)COC(C)CO. The van der Waals surface area contributed by atoms with Gasteiger partial charge in [-0.2, -0.15) is 0 Å². The number of ether oxygens (including phenoxy) is 12. The Kier molecular flexibility index (Phi) is 37.2. The molecule has 336 valence electrons. The third-order valence-electron chi connectivity index (χ3n) is 7.52. The molecule has 0 radical (unpaired) electrons. The van der Waals surface area contributed by atoms with Gasteiger partial charge in [0.25, 0.3) is 0 Å². The molecule has 12 unspecified atom stereocenters. The summed E-state index contributed by atoms with van der Waals surface area (Å²) in [6.45, 7) is 29.2. The van der Waals surface area contributed by atoms with E-state index in [1.165, 1.54) is 0 Å². The molecule has 12 atom stereocenters. The zero-order valence-electron chi connectivity index (χ0n) is 36.6. The predicted octanol–water partition coefficient (Wildman–Crippen LogP) is 3.70. The van der Waals surface area contributed by atoms with Crippen LogP contribution in [0.2, 0.25) is 0 Å². The molecule has 0 heterocycles. The van der Waals surface area contributed by atoms with Crippen molar-refractivity contribution >= 4 is 5.97 Å². The van der Waals surface area contributed by atoms with Crippen molar-refractivity contribution in [3.8, 4) is 0 Å². The highest BCUT2D eigenvalue weighted by molar-refractivity contribution is 5.78. The molecule has 0 aliphatic rings. The first-order valence-electron chi connectivity index (χ1n) is 19.8. The van der Waals surface area contributed by atoms with Crippen molar-refractivity contribution < 1.29 is 77.0 Å². The summed E-state index contributed by atoms with van der Waals surface area (Å²) in [6.07, 6.45) is -0.989. The summed E-state index contributed by atoms with van der Waals surface area (Å²) in [5.74, 6) is -0.981. The lowest BCUT2D eigenvalue weighted by Crippen LogP contribution is -2.31. The van der Waals surface area contributed by atoms with Crippen molar-refractivity contribution in [2.75, 3.05) is 93.0 Å². The Balaban J connectivity index is 0. The molecular formula is C40H80O16. The number of rotatable bonds is 37. The predicted molar refractivity (Wildman–Crippen MR) is 212 cm³/mol. The Morgan fingerprint density at radius 1 is 0.429 bits per heavy atom. The normalized spacial score (nSPS) is 18.2. The fraction of sp³-hybridized carbons (Fsp3) is 0.925. The number of aliphatic hydroxyl groups is 2. The number of aliphatic hydroxyl groups excluding tert-OH is 2. The van der Waals surface area contributed by atoms with Crippen LogP contribution in [0.25, 0.3) is 0 Å². The summed E-state index contributed by atoms with van der Waals surface area (Å²) in [6, 6.07) is 0. The maximum Gasteiger partial charge on any atom is 0.327 e. The Bertz CT molecular complexity index is 900. The maximum atomic E-state index is 9.68. The van der Waals surface area contributed by atoms with E-state index in [1.807, 2.05) is 76.2 Å². The second kappa shape index (κ2) is 36.7. The largest absolute Gasteiger partial charge is 0.478 e. The lowest BCUT2D eigenvalue weighted by Gasteiger charge is -2.23. The van der Waals surface area contributed by atoms with Gasteiger partial charge in [-0.25, -0.2) is 4.79 Å². The summed E-state index contributed by atoms with van der Waals surface area (Å²) < 4.78 is 68.8. The number of carbonyl (C=O) groups is 1. The van der Waals surface area contributed by atoms with E-state index in [9.17, 15) is 9.90 Å². The molecule has 16 nitrogen and oxygen atoms in total. The van der Waals surface area contributed by atoms with Crippen LogP contribution in [0.1, 0.15) is 76.2 Å². The zero-order chi connectivity index (χ0) is 42.9. The van der Waals surface area contributed by atoms with Crippen LogP contribution in [0, 0.1) is 0 Å². The highest BCUT2D eigenvalue weighted by atomic mass is 16.6. The molecule has 0 aliphatic carbocycles. The average Bonchev–Trinajstić information content (AvgIpc) is 3.17. The molecule has 0 aliphatic heterocycles. The van der Waals surface area contributed by atoms with E-state index in [0.717, 1.165) is 6.08 Å². The van der Waals surface area contributed by atoms with Gasteiger partial charge < -0.3 is 72.2 Å². The molecule has 0 aromatic rings. The third kappa shape index (κ3) is 38.2. The van der Waals surface area contributed by atoms with Gasteiger partial charge in [0.2, 0.25) is 0 Å². The lowest BCUT2D eigenvalue weighted by atomic mass is 10.3. The first-order valence-corrected chi connectivity index (χ1v) is 19.8. The molecule has 0 saturated heterocycles. The summed E-state index contributed by atoms with van der Waals surface area (Å²) in [5, 5.41) is 26.3. The van der Waals surface area contributed by atoms with Crippen molar-refractivity contribution in [3.63, 3.8) is 0 Å². The molecule has 16 heteroatoms. The van der Waals surface area contributed by atoms with Gasteiger partial charge in [0, 0.05) is 13.2 Å². The van der Waals surface area contributed by atoms with E-state index in [2.05, 4.69) is 6.58 Å². The molecule has 0 fully saturated rings. The first kappa shape index (κ1) is 56.7. The summed E-state index contributed by atoms with van der Waals surface area (Å²) in [5.41, 5.74) is 0. The standard InChI is InChI=1S/C37H76O14.C3H4O2/c1-26(13-38)41-14-27(2)42-15-28(3)43-16-29(4)44-17-30(5)45-18-31(6)46-19-32(7)47-20-33(8)48-21-34(9)49-22-35(10)50-23-36(11)51-25-37(39)24-40-12;1-2-3(4)5/h26-39H,13-25H2,1-12H3;2H,1H2,(H,4,5). The monoisotopic (exact) mass is 817 g/mol. The minimum absolute atomic E-state index is 0.00785. The number of hydrogen-bond acceptors (Lipinski definition) is 15. The number of methoxy groups -OCH3 is 1. The van der Waals surface area contributed by atoms with Crippen LogP contribution < -0.4 is 0 Å². The summed E-state index contributed by atoms with van der Waals surface area (Å²) in [7, 11) is 1.54. The van der Waals surface area contributed by atoms with Crippen molar-refractivity contribution in [1.82, 2.24) is 0 Å². The van der Waals surface area contributed by atoms with Crippen LogP contribution in [-0.2, 0) is 61.6 Å². The number of carboxylic acid groups (broad SMARTS) is 1. The quantitative estimate of drug-likeness (QED) is 0.0770. The smallest absolute Gasteiger partial charge is 0.327 e. The average molecular weight is 817 g/mol. The van der Waals surface area contributed by atoms with E-state index in [1.54, 1.807) is 7.11 Å². The molecular weight excluding hydrogens is 736 g/mol. The third-order valence-corrected chi connectivity index (χ3v) is 7.52. The molecule has 0 aromatic carbocycles. The molecule has 0 bridgehead atoms. The minimum Gasteiger partial charge on any atom is -0.478 e. The molecule has 0 spiro atoms. The van der Waals surface area contributed by atoms with Crippen LogP contribution >= 0.6 is 0 Å². The summed E-state index contributed by atoms with van der Waals surface area (Å²) in [4.78, 5) is 9.25. The van der Waals surface area contributed by atoms with Crippen molar-refractivity contribution in [2.24, 2.45) is 0 Å². The molecule has 0 rings (SSSR count). The van der Waals surface area contributed by atoms with E-state index in [-0.39, 0.29) is 87.0 Å². The summed E-state index contributed by atoms with van der Waals surface area (Å²) >= 11 is 0. The van der Waals surface area contributed by atoms with Crippen molar-refractivity contribution in [3.05, 3.63) is 12.7 Å². The Hall–Kier alpha value is -1.35. The van der Waals surface area contributed by atoms with Gasteiger partial charge >= 0.3 is 5.97 Å². The second-order valence-electron chi connectivity index (χ2n) is 14.4. The van der Waals surface area contributed by atoms with E-state index < -0.39 is 12.1 Å². The highest BCUT2D eigenvalue weighted by Gasteiger charge is 2.16. The zero-order valence-corrected chi connectivity index (χ0v) is 36.6. The highest BCUT2D eigenvalue weighted by Crippen LogP contribution is 2.07. The number of carboxylic acids is 1. The molecule has 0 saturated carbocycles. The maximum absolute atomic E-state index is 9.68. The Labute approximate surface area is 337 Å². The van der Waals surface area contributed by atoms with E-state index in [4.69, 9.17) is 67.1 Å². The lowest BCUT2D eigenvalue weighted by molar-refractivity contribution is -0.131. The van der Waals surface area contributed by atoms with Gasteiger partial charge in [-0.3, -0.25) is 0 Å². The molecule has 0 amide bonds. The Morgan fingerprint density at radius 2 is 0.607 bits per heavy atom. The molecule has 0 aromatic heterocycles. The van der Waals surface area contributed by atoms with Crippen molar-refractivity contribution in [1.29, 1.82) is 0 Å². The fourth-order valence-corrected chi connectivity index (χ4v) is 4.05. The van der Waals surface area contributed by atoms with E-state index >= 15 is 0 Å². The van der Waals surface area contributed by atoms with Gasteiger partial charge in [0.15, 0.2) is 0 Å². The van der Waals surface area contributed by atoms with Crippen molar-refractivity contribution in [2.45, 2.75) is 149 Å². The Morgan fingerprint density at radius 3 is 0.768 bits per heavy atom. The molecule has 56 heavy (non-hydrogen) atoms. The van der Waals surface area contributed by atoms with Crippen LogP contribution in [0.3, 0.4) is 0 Å².